The minimum absolute atomic E-state index is 0.292. The lowest BCUT2D eigenvalue weighted by atomic mass is 10.1. The Bertz CT molecular complexity index is 565. The van der Waals surface area contributed by atoms with Crippen LogP contribution < -0.4 is 4.74 Å². The van der Waals surface area contributed by atoms with Crippen LogP contribution in [0.2, 0.25) is 10.0 Å². The van der Waals surface area contributed by atoms with Crippen LogP contribution in [0.5, 0.6) is 5.75 Å². The average Bonchev–Trinajstić information content (AvgIpc) is 2.69. The van der Waals surface area contributed by atoms with Gasteiger partial charge in [0.1, 0.15) is 5.75 Å². The zero-order valence-electron chi connectivity index (χ0n) is 9.84. The molecule has 2 rings (SSSR count). The zero-order chi connectivity index (χ0) is 13.3. The van der Waals surface area contributed by atoms with Crippen molar-refractivity contribution < 1.29 is 4.74 Å². The van der Waals surface area contributed by atoms with Gasteiger partial charge in [-0.2, -0.15) is 0 Å². The number of hydrogen-bond donors (Lipinski definition) is 0. The third-order valence-corrected chi connectivity index (χ3v) is 5.30. The standard InChI is InChI=1S/C13H11Cl3OS/c1-7-6-18-13(11(7)15)12(16)8-3-4-10(17-2)9(14)5-8/h3-6,12H,1-2H3. The lowest BCUT2D eigenvalue weighted by Gasteiger charge is -2.11. The van der Waals surface area contributed by atoms with Gasteiger partial charge in [0.15, 0.2) is 0 Å². The van der Waals surface area contributed by atoms with Crippen LogP contribution >= 0.6 is 46.1 Å². The van der Waals surface area contributed by atoms with E-state index in [2.05, 4.69) is 0 Å². The number of alkyl halides is 1. The van der Waals surface area contributed by atoms with E-state index in [1.54, 1.807) is 24.5 Å². The Kier molecular flexibility index (Phi) is 4.44. The van der Waals surface area contributed by atoms with Crippen LogP contribution in [0.25, 0.3) is 0 Å². The number of ether oxygens (including phenoxy) is 1. The fourth-order valence-electron chi connectivity index (χ4n) is 1.61. The van der Waals surface area contributed by atoms with E-state index in [1.165, 1.54) is 0 Å². The lowest BCUT2D eigenvalue weighted by Crippen LogP contribution is -1.93. The Morgan fingerprint density at radius 2 is 2.00 bits per heavy atom. The van der Waals surface area contributed by atoms with E-state index in [4.69, 9.17) is 39.5 Å². The third-order valence-electron chi connectivity index (χ3n) is 2.62. The molecule has 2 aromatic rings. The van der Waals surface area contributed by atoms with E-state index < -0.39 is 0 Å². The van der Waals surface area contributed by atoms with Gasteiger partial charge in [-0.05, 0) is 35.6 Å². The first-order valence-electron chi connectivity index (χ1n) is 5.25. The summed E-state index contributed by atoms with van der Waals surface area (Å²) in [6.07, 6.45) is 0. The average molecular weight is 322 g/mol. The molecule has 0 bridgehead atoms. The monoisotopic (exact) mass is 320 g/mol. The molecule has 18 heavy (non-hydrogen) atoms. The summed E-state index contributed by atoms with van der Waals surface area (Å²) >= 11 is 20.3. The second kappa shape index (κ2) is 5.70. The molecule has 0 aliphatic rings. The Labute approximate surface area is 125 Å². The molecule has 0 amide bonds. The summed E-state index contributed by atoms with van der Waals surface area (Å²) in [5, 5.41) is 2.98. The molecule has 1 aromatic heterocycles. The molecule has 1 aromatic carbocycles. The predicted octanol–water partition coefficient (Wildman–Crippen LogP) is 5.70. The maximum Gasteiger partial charge on any atom is 0.137 e. The molecule has 0 fully saturated rings. The molecule has 0 saturated carbocycles. The SMILES string of the molecule is COc1ccc(C(Cl)c2scc(C)c2Cl)cc1Cl. The van der Waals surface area contributed by atoms with Gasteiger partial charge in [-0.3, -0.25) is 0 Å². The minimum atomic E-state index is -0.292. The van der Waals surface area contributed by atoms with Crippen LogP contribution in [0.1, 0.15) is 21.4 Å². The Hall–Kier alpha value is -0.410. The van der Waals surface area contributed by atoms with Gasteiger partial charge >= 0.3 is 0 Å². The first-order chi connectivity index (χ1) is 8.54. The van der Waals surface area contributed by atoms with E-state index in [9.17, 15) is 0 Å². The maximum absolute atomic E-state index is 6.44. The molecular formula is C13H11Cl3OS. The summed E-state index contributed by atoms with van der Waals surface area (Å²) in [5.41, 5.74) is 1.95. The third kappa shape index (κ3) is 2.62. The minimum Gasteiger partial charge on any atom is -0.495 e. The molecule has 96 valence electrons. The molecule has 0 aliphatic carbocycles. The smallest absolute Gasteiger partial charge is 0.137 e. The van der Waals surface area contributed by atoms with Gasteiger partial charge < -0.3 is 4.74 Å². The summed E-state index contributed by atoms with van der Waals surface area (Å²) < 4.78 is 5.11. The maximum atomic E-state index is 6.44. The van der Waals surface area contributed by atoms with Crippen LogP contribution in [-0.2, 0) is 0 Å². The quantitative estimate of drug-likeness (QED) is 0.659. The van der Waals surface area contributed by atoms with Crippen LogP contribution in [0.15, 0.2) is 23.6 Å². The van der Waals surface area contributed by atoms with Gasteiger partial charge in [-0.25, -0.2) is 0 Å². The number of rotatable bonds is 3. The van der Waals surface area contributed by atoms with Crippen LogP contribution in [0.3, 0.4) is 0 Å². The Morgan fingerprint density at radius 1 is 1.28 bits per heavy atom. The van der Waals surface area contributed by atoms with Gasteiger partial charge in [0.05, 0.1) is 22.5 Å². The molecule has 5 heteroatoms. The van der Waals surface area contributed by atoms with E-state index in [-0.39, 0.29) is 5.38 Å². The van der Waals surface area contributed by atoms with Crippen LogP contribution in [0, 0.1) is 6.92 Å². The highest BCUT2D eigenvalue weighted by atomic mass is 35.5. The topological polar surface area (TPSA) is 9.23 Å². The predicted molar refractivity (Wildman–Crippen MR) is 79.8 cm³/mol. The summed E-state index contributed by atoms with van der Waals surface area (Å²) in [7, 11) is 1.58. The van der Waals surface area contributed by atoms with Crippen molar-refractivity contribution in [3.05, 3.63) is 49.6 Å². The van der Waals surface area contributed by atoms with Crippen molar-refractivity contribution in [1.82, 2.24) is 0 Å². The second-order valence-corrected chi connectivity index (χ2v) is 5.99. The highest BCUT2D eigenvalue weighted by molar-refractivity contribution is 7.11. The van der Waals surface area contributed by atoms with E-state index in [1.807, 2.05) is 24.4 Å². The van der Waals surface area contributed by atoms with Crippen molar-refractivity contribution in [1.29, 1.82) is 0 Å². The van der Waals surface area contributed by atoms with Gasteiger partial charge in [0, 0.05) is 4.88 Å². The highest BCUT2D eigenvalue weighted by Crippen LogP contribution is 2.41. The molecule has 0 N–H and O–H groups in total. The number of methoxy groups -OCH3 is 1. The second-order valence-electron chi connectivity index (χ2n) is 3.85. The molecule has 0 radical (unpaired) electrons. The molecule has 0 spiro atoms. The fourth-order valence-corrected chi connectivity index (χ4v) is 3.64. The van der Waals surface area contributed by atoms with Gasteiger partial charge in [0.2, 0.25) is 0 Å². The largest absolute Gasteiger partial charge is 0.495 e. The van der Waals surface area contributed by atoms with Gasteiger partial charge in [0.25, 0.3) is 0 Å². The van der Waals surface area contributed by atoms with Crippen molar-refractivity contribution in [3.63, 3.8) is 0 Å². The Morgan fingerprint density at radius 3 is 2.50 bits per heavy atom. The van der Waals surface area contributed by atoms with Crippen molar-refractivity contribution in [2.75, 3.05) is 7.11 Å². The first kappa shape index (κ1) is 14.0. The van der Waals surface area contributed by atoms with Crippen molar-refractivity contribution in [2.24, 2.45) is 0 Å². The summed E-state index contributed by atoms with van der Waals surface area (Å²) in [6, 6.07) is 5.51. The van der Waals surface area contributed by atoms with E-state index in [0.29, 0.717) is 10.8 Å². The van der Waals surface area contributed by atoms with Gasteiger partial charge in [-0.15, -0.1) is 22.9 Å². The number of thiophene rings is 1. The molecular weight excluding hydrogens is 311 g/mol. The Balaban J connectivity index is 2.37. The summed E-state index contributed by atoms with van der Waals surface area (Å²) in [5.74, 6) is 0.637. The first-order valence-corrected chi connectivity index (χ1v) is 7.32. The summed E-state index contributed by atoms with van der Waals surface area (Å²) in [6.45, 7) is 1.97. The number of halogens is 3. The number of aryl methyl sites for hydroxylation is 1. The normalized spacial score (nSPS) is 12.5. The van der Waals surface area contributed by atoms with Crippen molar-refractivity contribution in [3.8, 4) is 5.75 Å². The van der Waals surface area contributed by atoms with E-state index in [0.717, 1.165) is 21.0 Å². The molecule has 0 aliphatic heterocycles. The molecule has 1 heterocycles. The molecule has 1 nitrogen and oxygen atoms in total. The lowest BCUT2D eigenvalue weighted by molar-refractivity contribution is 0.415. The highest BCUT2D eigenvalue weighted by Gasteiger charge is 2.18. The summed E-state index contributed by atoms with van der Waals surface area (Å²) in [4.78, 5) is 0.942. The number of benzene rings is 1. The van der Waals surface area contributed by atoms with Crippen LogP contribution in [-0.4, -0.2) is 7.11 Å². The molecule has 1 atom stereocenters. The molecule has 1 unspecified atom stereocenters. The fraction of sp³-hybridized carbons (Fsp3) is 0.231. The number of hydrogen-bond acceptors (Lipinski definition) is 2. The van der Waals surface area contributed by atoms with Crippen molar-refractivity contribution in [2.45, 2.75) is 12.3 Å². The van der Waals surface area contributed by atoms with Crippen molar-refractivity contribution >= 4 is 46.1 Å². The van der Waals surface area contributed by atoms with E-state index >= 15 is 0 Å². The molecule has 0 saturated heterocycles. The van der Waals surface area contributed by atoms with Crippen LogP contribution in [0.4, 0.5) is 0 Å². The zero-order valence-corrected chi connectivity index (χ0v) is 12.9. The van der Waals surface area contributed by atoms with Gasteiger partial charge in [-0.1, -0.05) is 29.3 Å².